The number of furan rings is 1. The number of sulfonamides is 1. The highest BCUT2D eigenvalue weighted by molar-refractivity contribution is 7.89. The van der Waals surface area contributed by atoms with Gasteiger partial charge in [-0.1, -0.05) is 30.3 Å². The monoisotopic (exact) mass is 358 g/mol. The van der Waals surface area contributed by atoms with E-state index in [1.165, 1.54) is 12.1 Å². The van der Waals surface area contributed by atoms with Crippen molar-refractivity contribution in [3.8, 4) is 0 Å². The number of rotatable bonds is 4. The minimum atomic E-state index is -3.73. The van der Waals surface area contributed by atoms with Crippen LogP contribution in [0.2, 0.25) is 0 Å². The molecule has 6 nitrogen and oxygen atoms in total. The zero-order chi connectivity index (χ0) is 18.2. The predicted octanol–water partition coefficient (Wildman–Crippen LogP) is 2.88. The Hall–Kier alpha value is -2.64. The molecule has 0 saturated carbocycles. The van der Waals surface area contributed by atoms with Crippen molar-refractivity contribution in [2.75, 3.05) is 0 Å². The first kappa shape index (κ1) is 17.2. The van der Waals surface area contributed by atoms with Gasteiger partial charge in [0.25, 0.3) is 5.91 Å². The number of carbonyl (C=O) groups excluding carboxylic acids is 1. The van der Waals surface area contributed by atoms with Crippen LogP contribution < -0.4 is 10.5 Å². The molecule has 25 heavy (non-hydrogen) atoms. The fourth-order valence-electron chi connectivity index (χ4n) is 2.68. The molecule has 0 saturated heterocycles. The van der Waals surface area contributed by atoms with Crippen molar-refractivity contribution in [1.82, 2.24) is 5.32 Å². The number of benzene rings is 2. The number of hydrogen-bond donors (Lipinski definition) is 2. The van der Waals surface area contributed by atoms with Gasteiger partial charge in [0.2, 0.25) is 10.0 Å². The number of nitrogens with one attached hydrogen (secondary N) is 1. The Kier molecular flexibility index (Phi) is 4.36. The number of nitrogens with two attached hydrogens (primary N) is 1. The molecule has 0 aliphatic carbocycles. The highest BCUT2D eigenvalue weighted by Gasteiger charge is 2.19. The van der Waals surface area contributed by atoms with Crippen LogP contribution in [0, 0.1) is 6.92 Å². The Morgan fingerprint density at radius 3 is 2.36 bits per heavy atom. The number of carbonyl (C=O) groups is 1. The fraction of sp³-hybridized carbons (Fsp3) is 0.167. The van der Waals surface area contributed by atoms with Crippen molar-refractivity contribution in [3.63, 3.8) is 0 Å². The summed E-state index contributed by atoms with van der Waals surface area (Å²) in [5, 5.41) is 8.84. The zero-order valence-electron chi connectivity index (χ0n) is 13.8. The van der Waals surface area contributed by atoms with Gasteiger partial charge < -0.3 is 9.73 Å². The van der Waals surface area contributed by atoms with Crippen LogP contribution in [0.1, 0.15) is 34.6 Å². The fourth-order valence-corrected chi connectivity index (χ4v) is 3.20. The van der Waals surface area contributed by atoms with E-state index in [0.717, 1.165) is 16.5 Å². The quantitative estimate of drug-likeness (QED) is 0.748. The molecule has 1 unspecified atom stereocenters. The van der Waals surface area contributed by atoms with E-state index in [4.69, 9.17) is 9.56 Å². The highest BCUT2D eigenvalue weighted by atomic mass is 32.2. The summed E-state index contributed by atoms with van der Waals surface area (Å²) in [6.07, 6.45) is 0. The lowest BCUT2D eigenvalue weighted by Gasteiger charge is -2.14. The van der Waals surface area contributed by atoms with Gasteiger partial charge in [-0.15, -0.1) is 0 Å². The van der Waals surface area contributed by atoms with Crippen LogP contribution in [0.5, 0.6) is 0 Å². The Balaban J connectivity index is 1.81. The molecule has 1 amide bonds. The summed E-state index contributed by atoms with van der Waals surface area (Å²) in [5.74, 6) is -0.0501. The van der Waals surface area contributed by atoms with E-state index in [2.05, 4.69) is 5.32 Å². The van der Waals surface area contributed by atoms with Crippen LogP contribution in [-0.2, 0) is 10.0 Å². The third-order valence-electron chi connectivity index (χ3n) is 4.11. The third kappa shape index (κ3) is 3.42. The molecule has 2 aromatic carbocycles. The largest absolute Gasteiger partial charge is 0.451 e. The van der Waals surface area contributed by atoms with Crippen molar-refractivity contribution in [1.29, 1.82) is 0 Å². The molecule has 1 atom stereocenters. The van der Waals surface area contributed by atoms with Crippen LogP contribution in [0.25, 0.3) is 11.0 Å². The molecule has 1 aromatic heterocycles. The summed E-state index contributed by atoms with van der Waals surface area (Å²) in [4.78, 5) is 12.6. The molecule has 0 bridgehead atoms. The summed E-state index contributed by atoms with van der Waals surface area (Å²) in [7, 11) is -3.73. The molecule has 3 N–H and O–H groups in total. The normalized spacial score (nSPS) is 12.9. The maximum absolute atomic E-state index is 12.5. The number of hydrogen-bond acceptors (Lipinski definition) is 4. The molecule has 3 aromatic rings. The van der Waals surface area contributed by atoms with Gasteiger partial charge in [-0.3, -0.25) is 4.79 Å². The van der Waals surface area contributed by atoms with Gasteiger partial charge in [0, 0.05) is 10.9 Å². The minimum absolute atomic E-state index is 0.0305. The van der Waals surface area contributed by atoms with Gasteiger partial charge >= 0.3 is 0 Å². The molecule has 1 heterocycles. The number of para-hydroxylation sites is 1. The smallest absolute Gasteiger partial charge is 0.287 e. The van der Waals surface area contributed by atoms with E-state index in [0.29, 0.717) is 5.58 Å². The van der Waals surface area contributed by atoms with Crippen LogP contribution in [-0.4, -0.2) is 14.3 Å². The van der Waals surface area contributed by atoms with E-state index in [1.54, 1.807) is 12.1 Å². The third-order valence-corrected chi connectivity index (χ3v) is 5.04. The maximum Gasteiger partial charge on any atom is 0.287 e. The average Bonchev–Trinajstić information content (AvgIpc) is 2.91. The number of primary sulfonamides is 1. The predicted molar refractivity (Wildman–Crippen MR) is 94.6 cm³/mol. The first-order valence-electron chi connectivity index (χ1n) is 7.69. The molecule has 130 valence electrons. The second-order valence-electron chi connectivity index (χ2n) is 5.86. The summed E-state index contributed by atoms with van der Waals surface area (Å²) in [6, 6.07) is 13.2. The molecule has 7 heteroatoms. The van der Waals surface area contributed by atoms with Crippen LogP contribution in [0.4, 0.5) is 0 Å². The molecular formula is C18H18N2O4S. The Morgan fingerprint density at radius 2 is 1.76 bits per heavy atom. The van der Waals surface area contributed by atoms with E-state index in [9.17, 15) is 13.2 Å². The average molecular weight is 358 g/mol. The van der Waals surface area contributed by atoms with Crippen molar-refractivity contribution in [2.24, 2.45) is 5.14 Å². The van der Waals surface area contributed by atoms with Gasteiger partial charge in [0.05, 0.1) is 10.9 Å². The zero-order valence-corrected chi connectivity index (χ0v) is 14.6. The van der Waals surface area contributed by atoms with E-state index in [1.807, 2.05) is 38.1 Å². The number of amides is 1. The van der Waals surface area contributed by atoms with Crippen molar-refractivity contribution < 1.29 is 17.6 Å². The second kappa shape index (κ2) is 6.34. The van der Waals surface area contributed by atoms with Gasteiger partial charge in [0.15, 0.2) is 5.76 Å². The minimum Gasteiger partial charge on any atom is -0.451 e. The van der Waals surface area contributed by atoms with Crippen molar-refractivity contribution in [3.05, 3.63) is 65.4 Å². The SMILES string of the molecule is Cc1c(C(=O)NC(C)c2ccc(S(N)(=O)=O)cc2)oc2ccccc12. The van der Waals surface area contributed by atoms with E-state index >= 15 is 0 Å². The molecular weight excluding hydrogens is 340 g/mol. The van der Waals surface area contributed by atoms with Crippen LogP contribution in [0.3, 0.4) is 0 Å². The first-order chi connectivity index (χ1) is 11.8. The van der Waals surface area contributed by atoms with Crippen LogP contribution in [0.15, 0.2) is 57.8 Å². The lowest BCUT2D eigenvalue weighted by atomic mass is 10.1. The molecule has 3 rings (SSSR count). The van der Waals surface area contributed by atoms with Crippen molar-refractivity contribution >= 4 is 26.9 Å². The Bertz CT molecular complexity index is 1040. The molecule has 0 fully saturated rings. The molecule has 0 radical (unpaired) electrons. The maximum atomic E-state index is 12.5. The summed E-state index contributed by atoms with van der Waals surface area (Å²) in [5.41, 5.74) is 2.20. The van der Waals surface area contributed by atoms with Crippen molar-refractivity contribution in [2.45, 2.75) is 24.8 Å². The summed E-state index contributed by atoms with van der Waals surface area (Å²) < 4.78 is 28.2. The second-order valence-corrected chi connectivity index (χ2v) is 7.42. The first-order valence-corrected chi connectivity index (χ1v) is 9.24. The van der Waals surface area contributed by atoms with Gasteiger partial charge in [-0.2, -0.15) is 0 Å². The molecule has 0 aliphatic rings. The highest BCUT2D eigenvalue weighted by Crippen LogP contribution is 2.25. The van der Waals surface area contributed by atoms with Gasteiger partial charge in [-0.05, 0) is 37.6 Å². The van der Waals surface area contributed by atoms with Gasteiger partial charge in [0.1, 0.15) is 5.58 Å². The summed E-state index contributed by atoms with van der Waals surface area (Å²) >= 11 is 0. The number of aryl methyl sites for hydroxylation is 1. The summed E-state index contributed by atoms with van der Waals surface area (Å²) in [6.45, 7) is 3.65. The Labute approximate surface area is 145 Å². The molecule has 0 aliphatic heterocycles. The van der Waals surface area contributed by atoms with Gasteiger partial charge in [-0.25, -0.2) is 13.6 Å². The molecule has 0 spiro atoms. The Morgan fingerprint density at radius 1 is 1.12 bits per heavy atom. The van der Waals surface area contributed by atoms with E-state index < -0.39 is 10.0 Å². The number of fused-ring (bicyclic) bond motifs is 1. The lowest BCUT2D eigenvalue weighted by molar-refractivity contribution is 0.0913. The van der Waals surface area contributed by atoms with E-state index in [-0.39, 0.29) is 22.6 Å². The topological polar surface area (TPSA) is 102 Å². The standard InChI is InChI=1S/C18H18N2O4S/c1-11-15-5-3-4-6-16(15)24-17(11)18(21)20-12(2)13-7-9-14(10-8-13)25(19,22)23/h3-10,12H,1-2H3,(H,20,21)(H2,19,22,23). The lowest BCUT2D eigenvalue weighted by Crippen LogP contribution is -2.26. The van der Waals surface area contributed by atoms with Crippen LogP contribution >= 0.6 is 0 Å².